The lowest BCUT2D eigenvalue weighted by atomic mass is 9.91. The van der Waals surface area contributed by atoms with Crippen LogP contribution in [0.2, 0.25) is 0 Å². The minimum atomic E-state index is -0.301. The van der Waals surface area contributed by atoms with Gasteiger partial charge in [-0.1, -0.05) is 6.07 Å². The molecule has 19 heavy (non-hydrogen) atoms. The van der Waals surface area contributed by atoms with Crippen LogP contribution in [-0.2, 0) is 0 Å². The number of anilines is 1. The van der Waals surface area contributed by atoms with Crippen LogP contribution in [0.5, 0.6) is 0 Å². The molecule has 0 saturated carbocycles. The molecule has 2 rings (SSSR count). The minimum absolute atomic E-state index is 0.131. The number of aryl methyl sites for hydroxylation is 1. The lowest BCUT2D eigenvalue weighted by molar-refractivity contribution is -0.384. The van der Waals surface area contributed by atoms with Gasteiger partial charge in [0, 0.05) is 25.2 Å². The number of benzene rings is 1. The zero-order valence-corrected chi connectivity index (χ0v) is 11.5. The number of hydrogen-bond donors (Lipinski definition) is 1. The maximum Gasteiger partial charge on any atom is 0.292 e. The van der Waals surface area contributed by atoms with Crippen LogP contribution in [0.4, 0.5) is 11.4 Å². The van der Waals surface area contributed by atoms with E-state index in [1.165, 1.54) is 0 Å². The monoisotopic (exact) mass is 263 g/mol. The third-order valence-corrected chi connectivity index (χ3v) is 3.87. The van der Waals surface area contributed by atoms with Gasteiger partial charge in [-0.3, -0.25) is 10.1 Å². The first kappa shape index (κ1) is 13.8. The van der Waals surface area contributed by atoms with Gasteiger partial charge in [0.15, 0.2) is 0 Å². The van der Waals surface area contributed by atoms with Gasteiger partial charge in [-0.15, -0.1) is 0 Å². The summed E-state index contributed by atoms with van der Waals surface area (Å²) in [6, 6.07) is 5.42. The van der Waals surface area contributed by atoms with Gasteiger partial charge in [-0.2, -0.15) is 0 Å². The molecule has 1 saturated heterocycles. The molecular formula is C14H21N3O2. The molecule has 2 unspecified atom stereocenters. The van der Waals surface area contributed by atoms with Gasteiger partial charge in [0.05, 0.1) is 4.92 Å². The van der Waals surface area contributed by atoms with Crippen molar-refractivity contribution in [2.24, 2.45) is 11.7 Å². The molecular weight excluding hydrogens is 242 g/mol. The SMILES string of the molecule is Cc1ccc([N+](=O)[O-])c(N2CCCC(C(C)N)C2)c1. The maximum atomic E-state index is 11.1. The smallest absolute Gasteiger partial charge is 0.292 e. The minimum Gasteiger partial charge on any atom is -0.366 e. The number of nitro benzene ring substituents is 1. The van der Waals surface area contributed by atoms with E-state index in [0.29, 0.717) is 5.92 Å². The van der Waals surface area contributed by atoms with Crippen LogP contribution in [0.1, 0.15) is 25.3 Å². The van der Waals surface area contributed by atoms with E-state index in [9.17, 15) is 10.1 Å². The van der Waals surface area contributed by atoms with E-state index < -0.39 is 0 Å². The Morgan fingerprint density at radius 2 is 2.26 bits per heavy atom. The van der Waals surface area contributed by atoms with Crippen molar-refractivity contribution in [2.75, 3.05) is 18.0 Å². The molecule has 0 spiro atoms. The van der Waals surface area contributed by atoms with Crippen molar-refractivity contribution in [3.05, 3.63) is 33.9 Å². The van der Waals surface area contributed by atoms with Gasteiger partial charge >= 0.3 is 0 Å². The van der Waals surface area contributed by atoms with Crippen molar-refractivity contribution < 1.29 is 4.92 Å². The summed E-state index contributed by atoms with van der Waals surface area (Å²) in [5.74, 6) is 0.411. The molecule has 5 nitrogen and oxygen atoms in total. The Bertz CT molecular complexity index is 474. The van der Waals surface area contributed by atoms with Crippen LogP contribution >= 0.6 is 0 Å². The molecule has 1 fully saturated rings. The first-order valence-corrected chi connectivity index (χ1v) is 6.74. The predicted octanol–water partition coefficient (Wildman–Crippen LogP) is 2.47. The first-order valence-electron chi connectivity index (χ1n) is 6.74. The van der Waals surface area contributed by atoms with E-state index in [1.807, 2.05) is 19.9 Å². The van der Waals surface area contributed by atoms with E-state index in [2.05, 4.69) is 4.90 Å². The highest BCUT2D eigenvalue weighted by atomic mass is 16.6. The van der Waals surface area contributed by atoms with E-state index in [0.717, 1.165) is 37.2 Å². The van der Waals surface area contributed by atoms with Crippen molar-refractivity contribution in [1.29, 1.82) is 0 Å². The summed E-state index contributed by atoms with van der Waals surface area (Å²) < 4.78 is 0. The van der Waals surface area contributed by atoms with Crippen LogP contribution in [0, 0.1) is 23.0 Å². The van der Waals surface area contributed by atoms with E-state index in [4.69, 9.17) is 5.73 Å². The van der Waals surface area contributed by atoms with Gasteiger partial charge < -0.3 is 10.6 Å². The second-order valence-electron chi connectivity index (χ2n) is 5.46. The van der Waals surface area contributed by atoms with E-state index in [-0.39, 0.29) is 16.7 Å². The fraction of sp³-hybridized carbons (Fsp3) is 0.571. The summed E-state index contributed by atoms with van der Waals surface area (Å²) in [5, 5.41) is 11.1. The van der Waals surface area contributed by atoms with E-state index >= 15 is 0 Å². The van der Waals surface area contributed by atoms with Crippen molar-refractivity contribution in [1.82, 2.24) is 0 Å². The fourth-order valence-electron chi connectivity index (χ4n) is 2.70. The Morgan fingerprint density at radius 3 is 2.89 bits per heavy atom. The Morgan fingerprint density at radius 1 is 1.53 bits per heavy atom. The van der Waals surface area contributed by atoms with E-state index in [1.54, 1.807) is 12.1 Å². The zero-order chi connectivity index (χ0) is 14.0. The molecule has 1 aromatic carbocycles. The molecule has 2 atom stereocenters. The van der Waals surface area contributed by atoms with Crippen LogP contribution in [0.25, 0.3) is 0 Å². The predicted molar refractivity (Wildman–Crippen MR) is 76.4 cm³/mol. The number of piperidine rings is 1. The molecule has 0 aliphatic carbocycles. The normalized spacial score (nSPS) is 21.2. The van der Waals surface area contributed by atoms with Gasteiger partial charge in [-0.05, 0) is 44.2 Å². The number of rotatable bonds is 3. The highest BCUT2D eigenvalue weighted by molar-refractivity contribution is 5.64. The summed E-state index contributed by atoms with van der Waals surface area (Å²) in [6.45, 7) is 5.65. The largest absolute Gasteiger partial charge is 0.366 e. The molecule has 1 aliphatic heterocycles. The van der Waals surface area contributed by atoms with Gasteiger partial charge in [0.25, 0.3) is 5.69 Å². The summed E-state index contributed by atoms with van der Waals surface area (Å²) in [4.78, 5) is 13.0. The Hall–Kier alpha value is -1.62. The van der Waals surface area contributed by atoms with Gasteiger partial charge in [-0.25, -0.2) is 0 Å². The zero-order valence-electron chi connectivity index (χ0n) is 11.5. The highest BCUT2D eigenvalue weighted by Crippen LogP contribution is 2.32. The lowest BCUT2D eigenvalue weighted by Crippen LogP contribution is -2.42. The van der Waals surface area contributed by atoms with Crippen LogP contribution in [0.15, 0.2) is 18.2 Å². The Balaban J connectivity index is 2.30. The summed E-state index contributed by atoms with van der Waals surface area (Å²) >= 11 is 0. The first-order chi connectivity index (χ1) is 8.99. The van der Waals surface area contributed by atoms with Crippen molar-refractivity contribution >= 4 is 11.4 Å². The van der Waals surface area contributed by atoms with Crippen LogP contribution in [-0.4, -0.2) is 24.1 Å². The number of hydrogen-bond acceptors (Lipinski definition) is 4. The quantitative estimate of drug-likeness (QED) is 0.671. The summed E-state index contributed by atoms with van der Waals surface area (Å²) in [5.41, 5.74) is 7.94. The standard InChI is InChI=1S/C14H21N3O2/c1-10-5-6-13(17(18)19)14(8-10)16-7-3-4-12(9-16)11(2)15/h5-6,8,11-12H,3-4,7,9,15H2,1-2H3. The molecule has 5 heteroatoms. The van der Waals surface area contributed by atoms with Crippen molar-refractivity contribution in [2.45, 2.75) is 32.7 Å². The second-order valence-corrected chi connectivity index (χ2v) is 5.46. The number of nitrogens with two attached hydrogens (primary N) is 1. The molecule has 1 aliphatic rings. The third-order valence-electron chi connectivity index (χ3n) is 3.87. The Labute approximate surface area is 113 Å². The van der Waals surface area contributed by atoms with Crippen molar-refractivity contribution in [3.8, 4) is 0 Å². The molecule has 104 valence electrons. The Kier molecular flexibility index (Phi) is 4.04. The molecule has 1 heterocycles. The maximum absolute atomic E-state index is 11.1. The molecule has 0 radical (unpaired) electrons. The van der Waals surface area contributed by atoms with Crippen LogP contribution in [0.3, 0.4) is 0 Å². The van der Waals surface area contributed by atoms with Gasteiger partial charge in [0.1, 0.15) is 5.69 Å². The molecule has 1 aromatic rings. The average Bonchev–Trinajstić information content (AvgIpc) is 2.38. The molecule has 0 amide bonds. The fourth-order valence-corrected chi connectivity index (χ4v) is 2.70. The van der Waals surface area contributed by atoms with Gasteiger partial charge in [0.2, 0.25) is 0 Å². The molecule has 0 aromatic heterocycles. The van der Waals surface area contributed by atoms with Crippen molar-refractivity contribution in [3.63, 3.8) is 0 Å². The molecule has 0 bridgehead atoms. The summed E-state index contributed by atoms with van der Waals surface area (Å²) in [6.07, 6.45) is 2.14. The second kappa shape index (κ2) is 5.57. The number of nitro groups is 1. The van der Waals surface area contributed by atoms with Crippen LogP contribution < -0.4 is 10.6 Å². The molecule has 2 N–H and O–H groups in total. The average molecular weight is 263 g/mol. The number of nitrogens with zero attached hydrogens (tertiary/aromatic N) is 2. The highest BCUT2D eigenvalue weighted by Gasteiger charge is 2.27. The lowest BCUT2D eigenvalue weighted by Gasteiger charge is -2.35. The topological polar surface area (TPSA) is 72.4 Å². The third kappa shape index (κ3) is 3.04. The summed E-state index contributed by atoms with van der Waals surface area (Å²) in [7, 11) is 0.